The second-order valence-electron chi connectivity index (χ2n) is 8.23. The average molecular weight is 296 g/mol. The molecule has 0 N–H and O–H groups in total. The van der Waals surface area contributed by atoms with Gasteiger partial charge in [0.25, 0.3) is 0 Å². The molecule has 2 nitrogen and oxygen atoms in total. The highest BCUT2D eigenvalue weighted by atomic mass is 16.5. The second-order valence-corrected chi connectivity index (χ2v) is 8.23. The summed E-state index contributed by atoms with van der Waals surface area (Å²) in [6.07, 6.45) is 5.92. The van der Waals surface area contributed by atoms with Crippen molar-refractivity contribution in [3.63, 3.8) is 0 Å². The van der Waals surface area contributed by atoms with Crippen LogP contribution in [0.2, 0.25) is 0 Å². The van der Waals surface area contributed by atoms with Gasteiger partial charge in [-0.25, -0.2) is 0 Å². The summed E-state index contributed by atoms with van der Waals surface area (Å²) in [5, 5.41) is 0. The summed E-state index contributed by atoms with van der Waals surface area (Å²) in [5.74, 6) is 4.84. The molecule has 22 heavy (non-hydrogen) atoms. The van der Waals surface area contributed by atoms with Gasteiger partial charge in [-0.3, -0.25) is 4.79 Å². The predicted molar refractivity (Wildman–Crippen MR) is 85.0 cm³/mol. The van der Waals surface area contributed by atoms with Crippen LogP contribution in [0.3, 0.4) is 0 Å². The third kappa shape index (κ3) is 1.49. The maximum absolute atomic E-state index is 12.7. The first-order chi connectivity index (χ1) is 10.6. The number of rotatable bonds is 1. The van der Waals surface area contributed by atoms with E-state index in [1.165, 1.54) is 24.8 Å². The van der Waals surface area contributed by atoms with Crippen LogP contribution in [0.4, 0.5) is 0 Å². The number of ketones is 1. The number of Topliss-reactive ketones (excluding diaryl/α,β-unsaturated/α-hetero) is 1. The number of aryl methyl sites for hydroxylation is 1. The zero-order valence-corrected chi connectivity index (χ0v) is 13.5. The van der Waals surface area contributed by atoms with Crippen molar-refractivity contribution < 1.29 is 9.53 Å². The molecule has 6 atom stereocenters. The van der Waals surface area contributed by atoms with Crippen molar-refractivity contribution in [2.75, 3.05) is 7.11 Å². The normalized spacial score (nSPS) is 44.6. The molecular formula is C20H24O2. The van der Waals surface area contributed by atoms with Gasteiger partial charge in [-0.15, -0.1) is 0 Å². The molecule has 0 bridgehead atoms. The van der Waals surface area contributed by atoms with Gasteiger partial charge < -0.3 is 4.74 Å². The lowest BCUT2D eigenvalue weighted by Crippen LogP contribution is -2.44. The van der Waals surface area contributed by atoms with E-state index in [1.807, 2.05) is 0 Å². The van der Waals surface area contributed by atoms with Crippen molar-refractivity contribution >= 4 is 5.78 Å². The minimum Gasteiger partial charge on any atom is -0.497 e. The Morgan fingerprint density at radius 2 is 2.05 bits per heavy atom. The summed E-state index contributed by atoms with van der Waals surface area (Å²) in [6, 6.07) is 6.66. The largest absolute Gasteiger partial charge is 0.497 e. The number of carbonyl (C=O) groups excluding carboxylic acids is 1. The van der Waals surface area contributed by atoms with E-state index in [4.69, 9.17) is 4.74 Å². The van der Waals surface area contributed by atoms with Crippen LogP contribution in [0, 0.1) is 29.1 Å². The van der Waals surface area contributed by atoms with Crippen molar-refractivity contribution in [1.29, 1.82) is 0 Å². The molecule has 0 spiro atoms. The van der Waals surface area contributed by atoms with Gasteiger partial charge in [0.1, 0.15) is 11.5 Å². The molecule has 3 fully saturated rings. The van der Waals surface area contributed by atoms with Gasteiger partial charge in [0.2, 0.25) is 0 Å². The topological polar surface area (TPSA) is 26.3 Å². The summed E-state index contributed by atoms with van der Waals surface area (Å²) >= 11 is 0. The van der Waals surface area contributed by atoms with E-state index in [9.17, 15) is 4.79 Å². The van der Waals surface area contributed by atoms with Crippen LogP contribution in [0.25, 0.3) is 0 Å². The van der Waals surface area contributed by atoms with Crippen molar-refractivity contribution in [3.05, 3.63) is 29.3 Å². The van der Waals surface area contributed by atoms with Gasteiger partial charge in [-0.2, -0.15) is 0 Å². The van der Waals surface area contributed by atoms with E-state index in [-0.39, 0.29) is 5.41 Å². The number of benzene rings is 1. The standard InChI is InChI=1S/C20H24O2/c1-20-8-7-14-13-6-4-12(22-2)9-11(13)3-5-15(14)18(20)16-10-17(16)19(20)21/h4,6,9,14-18H,3,5,7-8,10H2,1-2H3/t14-,15-,16?,17?,18-,20+/m1/s1. The minimum absolute atomic E-state index is 0.0126. The highest BCUT2D eigenvalue weighted by Crippen LogP contribution is 2.70. The Labute approximate surface area is 132 Å². The van der Waals surface area contributed by atoms with E-state index >= 15 is 0 Å². The van der Waals surface area contributed by atoms with Gasteiger partial charge in [0, 0.05) is 11.3 Å². The van der Waals surface area contributed by atoms with E-state index in [2.05, 4.69) is 25.1 Å². The predicted octanol–water partition coefficient (Wildman–Crippen LogP) is 3.98. The number of ether oxygens (including phenoxy) is 1. The van der Waals surface area contributed by atoms with Crippen molar-refractivity contribution in [2.24, 2.45) is 29.1 Å². The smallest absolute Gasteiger partial charge is 0.142 e. The second kappa shape index (κ2) is 4.15. The van der Waals surface area contributed by atoms with Crippen molar-refractivity contribution in [3.8, 4) is 5.75 Å². The molecule has 4 aliphatic rings. The van der Waals surface area contributed by atoms with Gasteiger partial charge in [-0.05, 0) is 79.0 Å². The highest BCUT2D eigenvalue weighted by molar-refractivity contribution is 5.92. The van der Waals surface area contributed by atoms with Crippen LogP contribution >= 0.6 is 0 Å². The van der Waals surface area contributed by atoms with Crippen LogP contribution in [-0.4, -0.2) is 12.9 Å². The van der Waals surface area contributed by atoms with Crippen molar-refractivity contribution in [2.45, 2.75) is 44.9 Å². The molecule has 0 radical (unpaired) electrons. The molecule has 0 aliphatic heterocycles. The number of methoxy groups -OCH3 is 1. The zero-order chi connectivity index (χ0) is 15.1. The molecular weight excluding hydrogens is 272 g/mol. The third-order valence-electron chi connectivity index (χ3n) is 7.39. The fourth-order valence-corrected chi connectivity index (χ4v) is 6.35. The Morgan fingerprint density at radius 1 is 1.18 bits per heavy atom. The molecule has 0 aromatic heterocycles. The fraction of sp³-hybridized carbons (Fsp3) is 0.650. The average Bonchev–Trinajstić information content (AvgIpc) is 3.28. The SMILES string of the molecule is COc1ccc2c(c1)CC[C@@H]1[C@@H]2CC[C@]2(C)C(=O)C3CC3[C@@H]12. The lowest BCUT2D eigenvalue weighted by Gasteiger charge is -2.49. The molecule has 1 aromatic rings. The Balaban J connectivity index is 1.54. The Morgan fingerprint density at radius 3 is 2.86 bits per heavy atom. The maximum Gasteiger partial charge on any atom is 0.142 e. The number of hydrogen-bond donors (Lipinski definition) is 0. The monoisotopic (exact) mass is 296 g/mol. The lowest BCUT2D eigenvalue weighted by molar-refractivity contribution is -0.132. The Hall–Kier alpha value is -1.31. The van der Waals surface area contributed by atoms with Crippen LogP contribution in [0.15, 0.2) is 18.2 Å². The first kappa shape index (κ1) is 13.2. The molecule has 0 amide bonds. The molecule has 2 unspecified atom stereocenters. The third-order valence-corrected chi connectivity index (χ3v) is 7.39. The quantitative estimate of drug-likeness (QED) is 0.783. The highest BCUT2D eigenvalue weighted by Gasteiger charge is 2.68. The number of hydrogen-bond acceptors (Lipinski definition) is 2. The summed E-state index contributed by atoms with van der Waals surface area (Å²) < 4.78 is 5.39. The molecule has 1 aromatic carbocycles. The first-order valence-electron chi connectivity index (χ1n) is 8.84. The molecule has 2 heteroatoms. The van der Waals surface area contributed by atoms with Crippen molar-refractivity contribution in [1.82, 2.24) is 0 Å². The molecule has 3 saturated carbocycles. The van der Waals surface area contributed by atoms with E-state index < -0.39 is 0 Å². The lowest BCUT2D eigenvalue weighted by atomic mass is 9.54. The van der Waals surface area contributed by atoms with Gasteiger partial charge in [0.05, 0.1) is 7.11 Å². The Bertz CT molecular complexity index is 664. The van der Waals surface area contributed by atoms with E-state index in [1.54, 1.807) is 12.7 Å². The van der Waals surface area contributed by atoms with E-state index in [0.29, 0.717) is 23.5 Å². The first-order valence-corrected chi connectivity index (χ1v) is 8.84. The van der Waals surface area contributed by atoms with Crippen LogP contribution in [0.1, 0.15) is 49.7 Å². The fourth-order valence-electron chi connectivity index (χ4n) is 6.35. The molecule has 5 rings (SSSR count). The van der Waals surface area contributed by atoms with Gasteiger partial charge in [0.15, 0.2) is 0 Å². The summed E-state index contributed by atoms with van der Waals surface area (Å²) in [7, 11) is 1.75. The molecule has 4 aliphatic carbocycles. The molecule has 0 saturated heterocycles. The summed E-state index contributed by atoms with van der Waals surface area (Å²) in [6.45, 7) is 2.28. The molecule has 116 valence electrons. The Kier molecular flexibility index (Phi) is 2.48. The summed E-state index contributed by atoms with van der Waals surface area (Å²) in [4.78, 5) is 12.7. The minimum atomic E-state index is 0.0126. The van der Waals surface area contributed by atoms with E-state index in [0.717, 1.165) is 30.4 Å². The maximum atomic E-state index is 12.7. The van der Waals surface area contributed by atoms with Gasteiger partial charge >= 0.3 is 0 Å². The number of carbonyl (C=O) groups is 1. The molecule has 0 heterocycles. The zero-order valence-electron chi connectivity index (χ0n) is 13.5. The summed E-state index contributed by atoms with van der Waals surface area (Å²) in [5.41, 5.74) is 3.05. The van der Waals surface area contributed by atoms with Gasteiger partial charge in [-0.1, -0.05) is 13.0 Å². The number of fused-ring (bicyclic) bond motifs is 7. The van der Waals surface area contributed by atoms with Crippen LogP contribution in [-0.2, 0) is 11.2 Å². The van der Waals surface area contributed by atoms with Crippen LogP contribution < -0.4 is 4.74 Å². The van der Waals surface area contributed by atoms with Crippen LogP contribution in [0.5, 0.6) is 5.75 Å².